The van der Waals surface area contributed by atoms with Gasteiger partial charge in [-0.2, -0.15) is 0 Å². The quantitative estimate of drug-likeness (QED) is 0.687. The monoisotopic (exact) mass is 352 g/mol. The van der Waals surface area contributed by atoms with Crippen molar-refractivity contribution in [2.24, 2.45) is 0 Å². The SMILES string of the molecule is O=C(CNC(=O)CCc1ccccc1)CNC(=O)CCc1ccccc1. The van der Waals surface area contributed by atoms with Gasteiger partial charge >= 0.3 is 0 Å². The van der Waals surface area contributed by atoms with Gasteiger partial charge in [0.25, 0.3) is 0 Å². The number of hydrogen-bond donors (Lipinski definition) is 2. The van der Waals surface area contributed by atoms with Crippen molar-refractivity contribution in [3.05, 3.63) is 71.8 Å². The van der Waals surface area contributed by atoms with Crippen LogP contribution in [0.2, 0.25) is 0 Å². The van der Waals surface area contributed by atoms with Crippen LogP contribution >= 0.6 is 0 Å². The van der Waals surface area contributed by atoms with E-state index in [0.29, 0.717) is 25.7 Å². The van der Waals surface area contributed by atoms with Gasteiger partial charge in [-0.15, -0.1) is 0 Å². The lowest BCUT2D eigenvalue weighted by Crippen LogP contribution is -2.37. The molecule has 0 aliphatic heterocycles. The minimum Gasteiger partial charge on any atom is -0.349 e. The average molecular weight is 352 g/mol. The van der Waals surface area contributed by atoms with E-state index in [2.05, 4.69) is 10.6 Å². The Morgan fingerprint density at radius 2 is 1.00 bits per heavy atom. The average Bonchev–Trinajstić information content (AvgIpc) is 2.69. The molecule has 136 valence electrons. The Bertz CT molecular complexity index is 653. The van der Waals surface area contributed by atoms with E-state index in [4.69, 9.17) is 0 Å². The molecule has 0 heterocycles. The number of aryl methyl sites for hydroxylation is 2. The molecule has 0 aliphatic carbocycles. The van der Waals surface area contributed by atoms with Gasteiger partial charge in [-0.05, 0) is 24.0 Å². The summed E-state index contributed by atoms with van der Waals surface area (Å²) in [5.41, 5.74) is 2.17. The van der Waals surface area contributed by atoms with Crippen LogP contribution in [0, 0.1) is 0 Å². The second-order valence-electron chi connectivity index (χ2n) is 6.06. The van der Waals surface area contributed by atoms with Crippen molar-refractivity contribution >= 4 is 17.6 Å². The van der Waals surface area contributed by atoms with E-state index in [9.17, 15) is 14.4 Å². The summed E-state index contributed by atoms with van der Waals surface area (Å²) in [4.78, 5) is 35.3. The minimum absolute atomic E-state index is 0.0629. The lowest BCUT2D eigenvalue weighted by molar-refractivity contribution is -0.126. The maximum atomic E-state index is 11.8. The number of rotatable bonds is 10. The number of benzene rings is 2. The molecule has 2 aromatic rings. The fourth-order valence-corrected chi connectivity index (χ4v) is 2.44. The first-order valence-corrected chi connectivity index (χ1v) is 8.76. The van der Waals surface area contributed by atoms with Crippen LogP contribution in [0.3, 0.4) is 0 Å². The van der Waals surface area contributed by atoms with Crippen molar-refractivity contribution in [3.63, 3.8) is 0 Å². The van der Waals surface area contributed by atoms with Crippen LogP contribution in [-0.2, 0) is 27.2 Å². The lowest BCUT2D eigenvalue weighted by Gasteiger charge is -2.07. The number of hydrogen-bond acceptors (Lipinski definition) is 3. The third-order valence-corrected chi connectivity index (χ3v) is 3.93. The zero-order valence-corrected chi connectivity index (χ0v) is 14.7. The van der Waals surface area contributed by atoms with Crippen molar-refractivity contribution in [1.82, 2.24) is 10.6 Å². The van der Waals surface area contributed by atoms with Crippen LogP contribution in [0.5, 0.6) is 0 Å². The summed E-state index contributed by atoms with van der Waals surface area (Å²) < 4.78 is 0. The van der Waals surface area contributed by atoms with Crippen LogP contribution in [0.15, 0.2) is 60.7 Å². The largest absolute Gasteiger partial charge is 0.349 e. The van der Waals surface area contributed by atoms with Gasteiger partial charge in [0.05, 0.1) is 13.1 Å². The van der Waals surface area contributed by atoms with Gasteiger partial charge in [0.2, 0.25) is 11.8 Å². The normalized spacial score (nSPS) is 10.2. The highest BCUT2D eigenvalue weighted by Gasteiger charge is 2.08. The van der Waals surface area contributed by atoms with Gasteiger partial charge in [0.1, 0.15) is 0 Å². The zero-order chi connectivity index (χ0) is 18.6. The van der Waals surface area contributed by atoms with Crippen LogP contribution in [0.4, 0.5) is 0 Å². The molecule has 0 atom stereocenters. The Morgan fingerprint density at radius 3 is 1.38 bits per heavy atom. The van der Waals surface area contributed by atoms with Crippen LogP contribution in [0.1, 0.15) is 24.0 Å². The molecule has 2 amide bonds. The minimum atomic E-state index is -0.217. The van der Waals surface area contributed by atoms with E-state index in [0.717, 1.165) is 11.1 Å². The number of ketones is 1. The van der Waals surface area contributed by atoms with Gasteiger partial charge in [-0.1, -0.05) is 60.7 Å². The van der Waals surface area contributed by atoms with Gasteiger partial charge in [-0.25, -0.2) is 0 Å². The van der Waals surface area contributed by atoms with E-state index in [1.54, 1.807) is 0 Å². The van der Waals surface area contributed by atoms with Crippen molar-refractivity contribution in [2.75, 3.05) is 13.1 Å². The van der Waals surface area contributed by atoms with Crippen molar-refractivity contribution < 1.29 is 14.4 Å². The number of Topliss-reactive ketones (excluding diaryl/α,β-unsaturated/α-hetero) is 1. The molecule has 0 aliphatic rings. The number of nitrogens with one attached hydrogen (secondary N) is 2. The summed E-state index contributed by atoms with van der Waals surface area (Å²) in [5.74, 6) is -0.554. The molecule has 2 rings (SSSR count). The Kier molecular flexibility index (Phi) is 8.06. The fourth-order valence-electron chi connectivity index (χ4n) is 2.44. The van der Waals surface area contributed by atoms with Crippen molar-refractivity contribution in [2.45, 2.75) is 25.7 Å². The maximum Gasteiger partial charge on any atom is 0.220 e. The number of carbonyl (C=O) groups is 3. The third-order valence-electron chi connectivity index (χ3n) is 3.93. The summed E-state index contributed by atoms with van der Waals surface area (Å²) in [5, 5.41) is 5.19. The number of amides is 2. The predicted molar refractivity (Wildman–Crippen MR) is 101 cm³/mol. The molecule has 0 radical (unpaired) electrons. The van der Waals surface area contributed by atoms with E-state index in [1.807, 2.05) is 60.7 Å². The highest BCUT2D eigenvalue weighted by Crippen LogP contribution is 2.02. The Hall–Kier alpha value is -2.95. The third kappa shape index (κ3) is 7.75. The Morgan fingerprint density at radius 1 is 0.615 bits per heavy atom. The smallest absolute Gasteiger partial charge is 0.220 e. The fraction of sp³-hybridized carbons (Fsp3) is 0.286. The first kappa shape index (κ1) is 19.4. The highest BCUT2D eigenvalue weighted by molar-refractivity contribution is 5.90. The zero-order valence-electron chi connectivity index (χ0n) is 14.7. The Balaban J connectivity index is 1.56. The standard InChI is InChI=1S/C21H24N2O3/c24-19(15-22-20(25)13-11-17-7-3-1-4-8-17)16-23-21(26)14-12-18-9-5-2-6-10-18/h1-10H,11-16H2,(H,22,25)(H,23,26). The molecule has 0 saturated heterocycles. The van der Waals surface area contributed by atoms with Crippen LogP contribution < -0.4 is 10.6 Å². The lowest BCUT2D eigenvalue weighted by atomic mass is 10.1. The van der Waals surface area contributed by atoms with Crippen molar-refractivity contribution in [1.29, 1.82) is 0 Å². The van der Waals surface area contributed by atoms with Gasteiger partial charge in [-0.3, -0.25) is 14.4 Å². The molecule has 5 nitrogen and oxygen atoms in total. The molecular formula is C21H24N2O3. The molecule has 5 heteroatoms. The molecule has 2 aromatic carbocycles. The highest BCUT2D eigenvalue weighted by atomic mass is 16.2. The molecule has 26 heavy (non-hydrogen) atoms. The first-order valence-electron chi connectivity index (χ1n) is 8.76. The second kappa shape index (κ2) is 10.8. The van der Waals surface area contributed by atoms with Crippen molar-refractivity contribution in [3.8, 4) is 0 Å². The first-order chi connectivity index (χ1) is 12.6. The summed E-state index contributed by atoms with van der Waals surface area (Å²) >= 11 is 0. The topological polar surface area (TPSA) is 75.3 Å². The van der Waals surface area contributed by atoms with Gasteiger partial charge in [0, 0.05) is 12.8 Å². The maximum absolute atomic E-state index is 11.8. The van der Waals surface area contributed by atoms with Gasteiger partial charge < -0.3 is 10.6 Å². The summed E-state index contributed by atoms with van der Waals surface area (Å²) in [6.07, 6.45) is 1.94. The summed E-state index contributed by atoms with van der Waals surface area (Å²) in [6.45, 7) is -0.126. The van der Waals surface area contributed by atoms with E-state index >= 15 is 0 Å². The predicted octanol–water partition coefficient (Wildman–Crippen LogP) is 2.05. The van der Waals surface area contributed by atoms with E-state index in [1.165, 1.54) is 0 Å². The van der Waals surface area contributed by atoms with E-state index in [-0.39, 0.29) is 30.7 Å². The molecule has 0 spiro atoms. The van der Waals surface area contributed by atoms with Gasteiger partial charge in [0.15, 0.2) is 5.78 Å². The molecule has 2 N–H and O–H groups in total. The van der Waals surface area contributed by atoms with Crippen LogP contribution in [0.25, 0.3) is 0 Å². The van der Waals surface area contributed by atoms with Crippen LogP contribution in [-0.4, -0.2) is 30.7 Å². The molecule has 0 bridgehead atoms. The molecule has 0 fully saturated rings. The number of carbonyl (C=O) groups excluding carboxylic acids is 3. The molecule has 0 saturated carbocycles. The Labute approximate surface area is 153 Å². The molecular weight excluding hydrogens is 328 g/mol. The summed E-state index contributed by atoms with van der Waals surface area (Å²) in [7, 11) is 0. The molecule has 0 unspecified atom stereocenters. The molecule has 0 aromatic heterocycles. The van der Waals surface area contributed by atoms with E-state index < -0.39 is 0 Å². The summed E-state index contributed by atoms with van der Waals surface area (Å²) in [6, 6.07) is 19.4. The second-order valence-corrected chi connectivity index (χ2v) is 6.06.